The van der Waals surface area contributed by atoms with E-state index in [1.807, 2.05) is 0 Å². The quantitative estimate of drug-likeness (QED) is 0.673. The number of hydrogen-bond donors (Lipinski definition) is 0. The minimum absolute atomic E-state index is 0.384. The van der Waals surface area contributed by atoms with Crippen LogP contribution in [0.3, 0.4) is 0 Å². The molecule has 0 bridgehead atoms. The van der Waals surface area contributed by atoms with Gasteiger partial charge >= 0.3 is 0 Å². The molecular weight excluding hydrogens is 204 g/mol. The van der Waals surface area contributed by atoms with Gasteiger partial charge in [-0.05, 0) is 31.0 Å². The summed E-state index contributed by atoms with van der Waals surface area (Å²) >= 11 is 0. The first-order valence-electron chi connectivity index (χ1n) is 6.35. The molecule has 0 aliphatic heterocycles. The lowest BCUT2D eigenvalue weighted by Crippen LogP contribution is -2.41. The highest BCUT2D eigenvalue weighted by atomic mass is 28.4. The molecule has 1 fully saturated rings. The number of Topliss-reactive ketones (excluding diaryl/α,β-unsaturated/α-hetero) is 1. The van der Waals surface area contributed by atoms with Crippen LogP contribution in [0.15, 0.2) is 0 Å². The monoisotopic (exact) mass is 228 g/mol. The number of ketones is 1. The second kappa shape index (κ2) is 5.80. The maximum Gasteiger partial charge on any atom is 0.192 e. The Labute approximate surface area is 94.5 Å². The molecule has 2 nitrogen and oxygen atoms in total. The van der Waals surface area contributed by atoms with Gasteiger partial charge in [0.1, 0.15) is 5.78 Å². The van der Waals surface area contributed by atoms with Gasteiger partial charge in [-0.2, -0.15) is 0 Å². The third-order valence-corrected chi connectivity index (χ3v) is 8.54. The third-order valence-electron chi connectivity index (χ3n) is 3.84. The van der Waals surface area contributed by atoms with Crippen molar-refractivity contribution in [2.24, 2.45) is 0 Å². The van der Waals surface area contributed by atoms with Gasteiger partial charge in [0.2, 0.25) is 0 Å². The third kappa shape index (κ3) is 3.42. The van der Waals surface area contributed by atoms with Gasteiger partial charge in [-0.3, -0.25) is 4.79 Å². The summed E-state index contributed by atoms with van der Waals surface area (Å²) in [6.45, 7) is 6.77. The van der Waals surface area contributed by atoms with Crippen molar-refractivity contribution in [3.05, 3.63) is 0 Å². The predicted octanol–water partition coefficient (Wildman–Crippen LogP) is 3.52. The van der Waals surface area contributed by atoms with Gasteiger partial charge in [0.25, 0.3) is 0 Å². The van der Waals surface area contributed by atoms with E-state index in [2.05, 4.69) is 20.8 Å². The summed E-state index contributed by atoms with van der Waals surface area (Å²) < 4.78 is 6.36. The summed E-state index contributed by atoms with van der Waals surface area (Å²) in [6.07, 6.45) is 3.80. The van der Waals surface area contributed by atoms with Crippen molar-refractivity contribution < 1.29 is 9.22 Å². The van der Waals surface area contributed by atoms with Crippen molar-refractivity contribution in [1.29, 1.82) is 0 Å². The normalized spacial score (nSPS) is 19.5. The molecular formula is C12H24O2Si. The van der Waals surface area contributed by atoms with Crippen LogP contribution in [0.4, 0.5) is 0 Å². The standard InChI is InChI=1S/C12H24O2Si/c1-4-15(5-2,6-3)14-12-9-7-11(13)8-10-12/h12H,4-10H2,1-3H3. The molecule has 0 aromatic heterocycles. The molecule has 3 heteroatoms. The molecule has 0 aromatic rings. The Bertz CT molecular complexity index is 193. The molecule has 0 atom stereocenters. The van der Waals surface area contributed by atoms with Crippen molar-refractivity contribution >= 4 is 14.1 Å². The van der Waals surface area contributed by atoms with Gasteiger partial charge in [-0.1, -0.05) is 20.8 Å². The lowest BCUT2D eigenvalue weighted by molar-refractivity contribution is -0.121. The second-order valence-corrected chi connectivity index (χ2v) is 9.32. The van der Waals surface area contributed by atoms with E-state index >= 15 is 0 Å². The first kappa shape index (κ1) is 12.9. The lowest BCUT2D eigenvalue weighted by atomic mass is 9.97. The van der Waals surface area contributed by atoms with Crippen molar-refractivity contribution in [2.45, 2.75) is 70.7 Å². The van der Waals surface area contributed by atoms with Crippen LogP contribution >= 0.6 is 0 Å². The van der Waals surface area contributed by atoms with Gasteiger partial charge in [0.05, 0.1) is 0 Å². The van der Waals surface area contributed by atoms with Crippen molar-refractivity contribution in [3.63, 3.8) is 0 Å². The summed E-state index contributed by atoms with van der Waals surface area (Å²) in [5.74, 6) is 0.423. The zero-order chi connectivity index (χ0) is 11.3. The molecule has 88 valence electrons. The van der Waals surface area contributed by atoms with E-state index in [9.17, 15) is 4.79 Å². The Morgan fingerprint density at radius 1 is 1.13 bits per heavy atom. The van der Waals surface area contributed by atoms with E-state index in [0.29, 0.717) is 11.9 Å². The Hall–Kier alpha value is -0.153. The zero-order valence-electron chi connectivity index (χ0n) is 10.3. The van der Waals surface area contributed by atoms with Crippen molar-refractivity contribution in [1.82, 2.24) is 0 Å². The highest BCUT2D eigenvalue weighted by molar-refractivity contribution is 6.73. The Morgan fingerprint density at radius 2 is 1.60 bits per heavy atom. The smallest absolute Gasteiger partial charge is 0.192 e. The molecule has 0 amide bonds. The molecule has 1 aliphatic rings. The van der Waals surface area contributed by atoms with E-state index in [-0.39, 0.29) is 0 Å². The highest BCUT2D eigenvalue weighted by Gasteiger charge is 2.33. The lowest BCUT2D eigenvalue weighted by Gasteiger charge is -2.34. The van der Waals surface area contributed by atoms with Gasteiger partial charge in [-0.15, -0.1) is 0 Å². The molecule has 0 spiro atoms. The Balaban J connectivity index is 2.48. The maximum atomic E-state index is 11.1. The fourth-order valence-corrected chi connectivity index (χ4v) is 5.33. The summed E-state index contributed by atoms with van der Waals surface area (Å²) in [6, 6.07) is 3.64. The van der Waals surface area contributed by atoms with E-state index in [1.165, 1.54) is 18.1 Å². The number of carbonyl (C=O) groups excluding carboxylic acids is 1. The summed E-state index contributed by atoms with van der Waals surface area (Å²) in [7, 11) is -1.44. The van der Waals surface area contributed by atoms with E-state index < -0.39 is 8.32 Å². The summed E-state index contributed by atoms with van der Waals surface area (Å²) in [4.78, 5) is 11.1. The first-order chi connectivity index (χ1) is 7.15. The number of carbonyl (C=O) groups is 1. The van der Waals surface area contributed by atoms with E-state index in [4.69, 9.17) is 4.43 Å². The van der Waals surface area contributed by atoms with E-state index in [1.54, 1.807) is 0 Å². The Morgan fingerprint density at radius 3 is 2.00 bits per heavy atom. The summed E-state index contributed by atoms with van der Waals surface area (Å²) in [5.41, 5.74) is 0. The predicted molar refractivity (Wildman–Crippen MR) is 65.5 cm³/mol. The average molecular weight is 228 g/mol. The molecule has 1 rings (SSSR count). The Kier molecular flexibility index (Phi) is 5.00. The molecule has 0 unspecified atom stereocenters. The molecule has 1 saturated carbocycles. The largest absolute Gasteiger partial charge is 0.414 e. The van der Waals surface area contributed by atoms with Crippen LogP contribution in [0, 0.1) is 0 Å². The van der Waals surface area contributed by atoms with Crippen molar-refractivity contribution in [2.75, 3.05) is 0 Å². The maximum absolute atomic E-state index is 11.1. The fourth-order valence-electron chi connectivity index (χ4n) is 2.38. The van der Waals surface area contributed by atoms with Crippen LogP contribution in [-0.2, 0) is 9.22 Å². The van der Waals surface area contributed by atoms with Gasteiger partial charge in [-0.25, -0.2) is 0 Å². The SMILES string of the molecule is CC[Si](CC)(CC)OC1CCC(=O)CC1. The average Bonchev–Trinajstić information content (AvgIpc) is 2.29. The van der Waals surface area contributed by atoms with Gasteiger partial charge in [0.15, 0.2) is 8.32 Å². The molecule has 0 aromatic carbocycles. The zero-order valence-corrected chi connectivity index (χ0v) is 11.3. The molecule has 0 N–H and O–H groups in total. The first-order valence-corrected chi connectivity index (χ1v) is 8.88. The van der Waals surface area contributed by atoms with Crippen LogP contribution in [0.1, 0.15) is 46.5 Å². The van der Waals surface area contributed by atoms with Gasteiger partial charge in [0, 0.05) is 18.9 Å². The van der Waals surface area contributed by atoms with Crippen molar-refractivity contribution in [3.8, 4) is 0 Å². The molecule has 0 saturated heterocycles. The van der Waals surface area contributed by atoms with E-state index in [0.717, 1.165) is 25.7 Å². The van der Waals surface area contributed by atoms with Crippen LogP contribution in [-0.4, -0.2) is 20.2 Å². The fraction of sp³-hybridized carbons (Fsp3) is 0.917. The van der Waals surface area contributed by atoms with Crippen LogP contribution in [0.25, 0.3) is 0 Å². The van der Waals surface area contributed by atoms with Crippen LogP contribution in [0.2, 0.25) is 18.1 Å². The number of hydrogen-bond acceptors (Lipinski definition) is 2. The minimum Gasteiger partial charge on any atom is -0.414 e. The molecule has 15 heavy (non-hydrogen) atoms. The second-order valence-electron chi connectivity index (χ2n) is 4.60. The highest BCUT2D eigenvalue weighted by Crippen LogP contribution is 2.28. The summed E-state index contributed by atoms with van der Waals surface area (Å²) in [5, 5.41) is 0. The van der Waals surface area contributed by atoms with Crippen LogP contribution < -0.4 is 0 Å². The topological polar surface area (TPSA) is 26.3 Å². The van der Waals surface area contributed by atoms with Crippen LogP contribution in [0.5, 0.6) is 0 Å². The molecule has 1 aliphatic carbocycles. The minimum atomic E-state index is -1.44. The van der Waals surface area contributed by atoms with Gasteiger partial charge < -0.3 is 4.43 Å². The molecule has 0 radical (unpaired) electrons. The number of rotatable bonds is 5. The molecule has 0 heterocycles.